The molecule has 1 aromatic heterocycles. The van der Waals surface area contributed by atoms with Gasteiger partial charge in [0.25, 0.3) is 0 Å². The van der Waals surface area contributed by atoms with Crippen LogP contribution in [0.1, 0.15) is 12.1 Å². The van der Waals surface area contributed by atoms with E-state index in [0.717, 1.165) is 38.4 Å². The minimum absolute atomic E-state index is 0.00532. The first kappa shape index (κ1) is 10.9. The second kappa shape index (κ2) is 4.94. The Bertz CT molecular complexity index is 355. The summed E-state index contributed by atoms with van der Waals surface area (Å²) in [5.74, 6) is 0.00532. The molecule has 1 fully saturated rings. The largest absolute Gasteiger partial charge is 0.382 e. The molecule has 0 spiro atoms. The third-order valence-electron chi connectivity index (χ3n) is 2.61. The van der Waals surface area contributed by atoms with Gasteiger partial charge in [0, 0.05) is 19.7 Å². The van der Waals surface area contributed by atoms with E-state index >= 15 is 0 Å². The molecule has 0 aliphatic carbocycles. The summed E-state index contributed by atoms with van der Waals surface area (Å²) in [6.45, 7) is 3.46. The molecule has 0 bridgehead atoms. The second-order valence-electron chi connectivity index (χ2n) is 3.77. The molecular formula is C11H16N4O. The van der Waals surface area contributed by atoms with Gasteiger partial charge in [0.2, 0.25) is 0 Å². The van der Waals surface area contributed by atoms with Gasteiger partial charge in [-0.05, 0) is 18.6 Å². The Labute approximate surface area is 94.7 Å². The van der Waals surface area contributed by atoms with E-state index in [2.05, 4.69) is 9.88 Å². The van der Waals surface area contributed by atoms with Gasteiger partial charge in [-0.2, -0.15) is 0 Å². The highest BCUT2D eigenvalue weighted by Crippen LogP contribution is 2.14. The highest BCUT2D eigenvalue weighted by Gasteiger charge is 2.10. The molecule has 0 radical (unpaired) electrons. The lowest BCUT2D eigenvalue weighted by Gasteiger charge is -2.21. The predicted octanol–water partition coefficient (Wildman–Crippen LogP) is 0.592. The SMILES string of the molecule is N=C(N)c1ccc(N2CCCOCC2)cn1. The number of rotatable bonds is 2. The molecule has 2 rings (SSSR count). The van der Waals surface area contributed by atoms with Crippen LogP contribution in [-0.2, 0) is 4.74 Å². The Morgan fingerprint density at radius 2 is 2.25 bits per heavy atom. The van der Waals surface area contributed by atoms with Gasteiger partial charge in [-0.25, -0.2) is 0 Å². The van der Waals surface area contributed by atoms with Crippen LogP contribution in [0.4, 0.5) is 5.69 Å². The summed E-state index contributed by atoms with van der Waals surface area (Å²) in [7, 11) is 0. The average Bonchev–Trinajstić information content (AvgIpc) is 2.57. The molecule has 1 aliphatic heterocycles. The second-order valence-corrected chi connectivity index (χ2v) is 3.77. The van der Waals surface area contributed by atoms with Gasteiger partial charge in [-0.3, -0.25) is 10.4 Å². The van der Waals surface area contributed by atoms with Crippen molar-refractivity contribution in [1.29, 1.82) is 5.41 Å². The number of amidine groups is 1. The van der Waals surface area contributed by atoms with Gasteiger partial charge in [0.15, 0.2) is 0 Å². The van der Waals surface area contributed by atoms with Gasteiger partial charge in [-0.15, -0.1) is 0 Å². The fraction of sp³-hybridized carbons (Fsp3) is 0.455. The van der Waals surface area contributed by atoms with E-state index in [9.17, 15) is 0 Å². The third-order valence-corrected chi connectivity index (χ3v) is 2.61. The lowest BCUT2D eigenvalue weighted by molar-refractivity contribution is 0.152. The summed E-state index contributed by atoms with van der Waals surface area (Å²) in [5.41, 5.74) is 6.94. The summed E-state index contributed by atoms with van der Waals surface area (Å²) < 4.78 is 5.39. The van der Waals surface area contributed by atoms with Gasteiger partial charge in [-0.1, -0.05) is 0 Å². The zero-order valence-corrected chi connectivity index (χ0v) is 9.15. The van der Waals surface area contributed by atoms with Crippen LogP contribution in [-0.4, -0.2) is 37.1 Å². The quantitative estimate of drug-likeness (QED) is 0.565. The molecule has 5 nitrogen and oxygen atoms in total. The van der Waals surface area contributed by atoms with Crippen molar-refractivity contribution in [3.05, 3.63) is 24.0 Å². The molecule has 1 saturated heterocycles. The molecule has 86 valence electrons. The van der Waals surface area contributed by atoms with Crippen molar-refractivity contribution in [2.45, 2.75) is 6.42 Å². The fourth-order valence-corrected chi connectivity index (χ4v) is 1.74. The first-order chi connectivity index (χ1) is 7.77. The van der Waals surface area contributed by atoms with Gasteiger partial charge in [0.05, 0.1) is 18.5 Å². The zero-order valence-electron chi connectivity index (χ0n) is 9.15. The van der Waals surface area contributed by atoms with Crippen LogP contribution in [0.3, 0.4) is 0 Å². The molecular weight excluding hydrogens is 204 g/mol. The predicted molar refractivity (Wildman–Crippen MR) is 62.9 cm³/mol. The minimum atomic E-state index is 0.00532. The lowest BCUT2D eigenvalue weighted by atomic mass is 10.3. The number of nitrogens with two attached hydrogens (primary N) is 1. The molecule has 0 atom stereocenters. The molecule has 2 heterocycles. The van der Waals surface area contributed by atoms with Crippen molar-refractivity contribution in [2.24, 2.45) is 5.73 Å². The maximum atomic E-state index is 7.27. The van der Waals surface area contributed by atoms with Crippen molar-refractivity contribution >= 4 is 11.5 Å². The molecule has 0 aromatic carbocycles. The normalized spacial score (nSPS) is 16.9. The monoisotopic (exact) mass is 220 g/mol. The molecule has 0 amide bonds. The summed E-state index contributed by atoms with van der Waals surface area (Å²) in [6, 6.07) is 3.73. The maximum Gasteiger partial charge on any atom is 0.141 e. The Morgan fingerprint density at radius 1 is 1.38 bits per heavy atom. The summed E-state index contributed by atoms with van der Waals surface area (Å²) in [6.07, 6.45) is 2.80. The molecule has 16 heavy (non-hydrogen) atoms. The van der Waals surface area contributed by atoms with Crippen molar-refractivity contribution in [1.82, 2.24) is 4.98 Å². The van der Waals surface area contributed by atoms with Crippen LogP contribution in [0.25, 0.3) is 0 Å². The summed E-state index contributed by atoms with van der Waals surface area (Å²) in [5, 5.41) is 7.27. The van der Waals surface area contributed by atoms with Crippen LogP contribution < -0.4 is 10.6 Å². The van der Waals surface area contributed by atoms with E-state index in [1.807, 2.05) is 6.07 Å². The number of aromatic nitrogens is 1. The maximum absolute atomic E-state index is 7.27. The number of hydrogen-bond donors (Lipinski definition) is 2. The van der Waals surface area contributed by atoms with Crippen LogP contribution in [0, 0.1) is 5.41 Å². The number of anilines is 1. The van der Waals surface area contributed by atoms with Crippen LogP contribution in [0.5, 0.6) is 0 Å². The molecule has 0 saturated carbocycles. The molecule has 1 aromatic rings. The topological polar surface area (TPSA) is 75.2 Å². The molecule has 5 heteroatoms. The number of ether oxygens (including phenoxy) is 1. The first-order valence-electron chi connectivity index (χ1n) is 5.40. The Hall–Kier alpha value is -1.62. The van der Waals surface area contributed by atoms with Crippen molar-refractivity contribution in [3.8, 4) is 0 Å². The minimum Gasteiger partial charge on any atom is -0.382 e. The fourth-order valence-electron chi connectivity index (χ4n) is 1.74. The number of pyridine rings is 1. The van der Waals surface area contributed by atoms with E-state index in [1.54, 1.807) is 12.3 Å². The number of nitrogens with zero attached hydrogens (tertiary/aromatic N) is 2. The third kappa shape index (κ3) is 2.49. The van der Waals surface area contributed by atoms with Crippen molar-refractivity contribution in [2.75, 3.05) is 31.2 Å². The first-order valence-corrected chi connectivity index (χ1v) is 5.40. The van der Waals surface area contributed by atoms with E-state index in [-0.39, 0.29) is 5.84 Å². The molecule has 1 aliphatic rings. The number of nitrogens with one attached hydrogen (secondary N) is 1. The van der Waals surface area contributed by atoms with Gasteiger partial charge < -0.3 is 15.4 Å². The van der Waals surface area contributed by atoms with Gasteiger partial charge in [0.1, 0.15) is 11.5 Å². The number of hydrogen-bond acceptors (Lipinski definition) is 4. The molecule has 3 N–H and O–H groups in total. The van der Waals surface area contributed by atoms with Crippen LogP contribution in [0.2, 0.25) is 0 Å². The Balaban J connectivity index is 2.10. The van der Waals surface area contributed by atoms with E-state index < -0.39 is 0 Å². The summed E-state index contributed by atoms with van der Waals surface area (Å²) in [4.78, 5) is 6.39. The van der Waals surface area contributed by atoms with Crippen LogP contribution in [0.15, 0.2) is 18.3 Å². The zero-order chi connectivity index (χ0) is 11.4. The highest BCUT2D eigenvalue weighted by atomic mass is 16.5. The highest BCUT2D eigenvalue weighted by molar-refractivity contribution is 5.93. The standard InChI is InChI=1S/C11H16N4O/c12-11(13)10-3-2-9(8-14-10)15-4-1-6-16-7-5-15/h2-3,8H,1,4-7H2,(H3,12,13). The Morgan fingerprint density at radius 3 is 2.94 bits per heavy atom. The van der Waals surface area contributed by atoms with Crippen molar-refractivity contribution < 1.29 is 4.74 Å². The van der Waals surface area contributed by atoms with E-state index in [1.165, 1.54) is 0 Å². The lowest BCUT2D eigenvalue weighted by Crippen LogP contribution is -2.26. The smallest absolute Gasteiger partial charge is 0.141 e. The van der Waals surface area contributed by atoms with E-state index in [4.69, 9.17) is 15.9 Å². The Kier molecular flexibility index (Phi) is 3.36. The van der Waals surface area contributed by atoms with Crippen molar-refractivity contribution in [3.63, 3.8) is 0 Å². The van der Waals surface area contributed by atoms with Crippen LogP contribution >= 0.6 is 0 Å². The van der Waals surface area contributed by atoms with Gasteiger partial charge >= 0.3 is 0 Å². The number of nitrogen functional groups attached to an aromatic ring is 1. The average molecular weight is 220 g/mol. The summed E-state index contributed by atoms with van der Waals surface area (Å²) >= 11 is 0. The van der Waals surface area contributed by atoms with E-state index in [0.29, 0.717) is 5.69 Å². The molecule has 0 unspecified atom stereocenters.